The lowest BCUT2D eigenvalue weighted by atomic mass is 9.99. The van der Waals surface area contributed by atoms with E-state index in [-0.39, 0.29) is 17.8 Å². The van der Waals surface area contributed by atoms with Crippen molar-refractivity contribution in [1.29, 1.82) is 0 Å². The van der Waals surface area contributed by atoms with E-state index in [1.165, 1.54) is 7.11 Å². The monoisotopic (exact) mass is 307 g/mol. The van der Waals surface area contributed by atoms with Gasteiger partial charge in [-0.05, 0) is 18.8 Å². The fourth-order valence-corrected chi connectivity index (χ4v) is 1.82. The maximum Gasteiger partial charge on any atom is 0.328 e. The zero-order chi connectivity index (χ0) is 13.3. The molecule has 0 aromatic heterocycles. The minimum absolute atomic E-state index is 0.0818. The molecule has 0 heterocycles. The standard InChI is InChI=1S/C12H22BrNO3/c1-4-9(2)11(12(16)17-3)14-10(15)7-5-6-8-13/h9,11H,4-8H2,1-3H3,(H,14,15)/t9-,11-/m0/s1. The van der Waals surface area contributed by atoms with E-state index in [2.05, 4.69) is 21.2 Å². The Kier molecular flexibility index (Phi) is 9.13. The lowest BCUT2D eigenvalue weighted by molar-refractivity contribution is -0.146. The molecule has 100 valence electrons. The Balaban J connectivity index is 4.23. The number of unbranched alkanes of at least 4 members (excludes halogenated alkanes) is 1. The molecule has 0 saturated heterocycles. The Morgan fingerprint density at radius 1 is 1.35 bits per heavy atom. The average Bonchev–Trinajstić information content (AvgIpc) is 2.34. The molecule has 0 unspecified atom stereocenters. The highest BCUT2D eigenvalue weighted by Crippen LogP contribution is 2.10. The van der Waals surface area contributed by atoms with Crippen LogP contribution >= 0.6 is 15.9 Å². The topological polar surface area (TPSA) is 55.4 Å². The molecule has 4 nitrogen and oxygen atoms in total. The number of halogens is 1. The molecule has 1 N–H and O–H groups in total. The minimum atomic E-state index is -0.526. The summed E-state index contributed by atoms with van der Waals surface area (Å²) in [6, 6.07) is -0.526. The number of hydrogen-bond acceptors (Lipinski definition) is 3. The number of carbonyl (C=O) groups excluding carboxylic acids is 2. The van der Waals surface area contributed by atoms with Crippen molar-refractivity contribution in [2.45, 2.75) is 45.6 Å². The minimum Gasteiger partial charge on any atom is -0.467 e. The molecule has 0 aliphatic heterocycles. The maximum atomic E-state index is 11.6. The Morgan fingerprint density at radius 3 is 2.47 bits per heavy atom. The van der Waals surface area contributed by atoms with Crippen LogP contribution in [0.1, 0.15) is 39.5 Å². The molecule has 17 heavy (non-hydrogen) atoms. The number of amides is 1. The average molecular weight is 308 g/mol. The van der Waals surface area contributed by atoms with Crippen LogP contribution in [0.2, 0.25) is 0 Å². The largest absolute Gasteiger partial charge is 0.467 e. The molecule has 0 radical (unpaired) electrons. The highest BCUT2D eigenvalue weighted by atomic mass is 79.9. The van der Waals surface area contributed by atoms with Crippen LogP contribution in [-0.4, -0.2) is 30.4 Å². The van der Waals surface area contributed by atoms with Crippen LogP contribution < -0.4 is 5.32 Å². The first-order chi connectivity index (χ1) is 8.06. The Labute approximate surface area is 112 Å². The van der Waals surface area contributed by atoms with Crippen molar-refractivity contribution in [3.8, 4) is 0 Å². The number of methoxy groups -OCH3 is 1. The summed E-state index contributed by atoms with van der Waals surface area (Å²) in [5.41, 5.74) is 0. The van der Waals surface area contributed by atoms with Crippen molar-refractivity contribution in [3.05, 3.63) is 0 Å². The van der Waals surface area contributed by atoms with Crippen LogP contribution in [-0.2, 0) is 14.3 Å². The normalized spacial score (nSPS) is 13.9. The van der Waals surface area contributed by atoms with Crippen molar-refractivity contribution >= 4 is 27.8 Å². The first-order valence-electron chi connectivity index (χ1n) is 5.99. The van der Waals surface area contributed by atoms with Crippen molar-refractivity contribution in [3.63, 3.8) is 0 Å². The second-order valence-electron chi connectivity index (χ2n) is 4.10. The predicted octanol–water partition coefficient (Wildman–Crippen LogP) is 2.26. The van der Waals surface area contributed by atoms with Gasteiger partial charge in [0.2, 0.25) is 5.91 Å². The summed E-state index contributed by atoms with van der Waals surface area (Å²) < 4.78 is 4.70. The molecule has 0 aromatic rings. The van der Waals surface area contributed by atoms with Crippen LogP contribution in [0.3, 0.4) is 0 Å². The fourth-order valence-electron chi connectivity index (χ4n) is 1.42. The van der Waals surface area contributed by atoms with Crippen molar-refractivity contribution in [2.75, 3.05) is 12.4 Å². The zero-order valence-electron chi connectivity index (χ0n) is 10.8. The molecule has 0 spiro atoms. The van der Waals surface area contributed by atoms with Crippen molar-refractivity contribution < 1.29 is 14.3 Å². The van der Waals surface area contributed by atoms with Gasteiger partial charge < -0.3 is 10.1 Å². The van der Waals surface area contributed by atoms with Gasteiger partial charge in [-0.1, -0.05) is 36.2 Å². The van der Waals surface area contributed by atoms with Gasteiger partial charge in [0.25, 0.3) is 0 Å². The van der Waals surface area contributed by atoms with E-state index in [4.69, 9.17) is 4.74 Å². The lowest BCUT2D eigenvalue weighted by Gasteiger charge is -2.21. The number of hydrogen-bond donors (Lipinski definition) is 1. The van der Waals surface area contributed by atoms with Crippen LogP contribution in [0, 0.1) is 5.92 Å². The summed E-state index contributed by atoms with van der Waals surface area (Å²) in [5, 5.41) is 3.64. The summed E-state index contributed by atoms with van der Waals surface area (Å²) in [4.78, 5) is 23.2. The lowest BCUT2D eigenvalue weighted by Crippen LogP contribution is -2.45. The van der Waals surface area contributed by atoms with Gasteiger partial charge in [-0.25, -0.2) is 4.79 Å². The third-order valence-electron chi connectivity index (χ3n) is 2.77. The number of nitrogens with one attached hydrogen (secondary N) is 1. The van der Waals surface area contributed by atoms with Crippen LogP contribution in [0.15, 0.2) is 0 Å². The van der Waals surface area contributed by atoms with Gasteiger partial charge in [0.1, 0.15) is 6.04 Å². The highest BCUT2D eigenvalue weighted by molar-refractivity contribution is 9.09. The molecule has 0 aliphatic rings. The molecule has 1 amide bonds. The molecular weight excluding hydrogens is 286 g/mol. The molecule has 0 bridgehead atoms. The molecule has 0 aliphatic carbocycles. The molecular formula is C12H22BrNO3. The summed E-state index contributed by atoms with van der Waals surface area (Å²) in [7, 11) is 1.34. The Hall–Kier alpha value is -0.580. The fraction of sp³-hybridized carbons (Fsp3) is 0.833. The number of rotatable bonds is 8. The van der Waals surface area contributed by atoms with E-state index in [0.717, 1.165) is 24.6 Å². The SMILES string of the molecule is CC[C@H](C)[C@H](NC(=O)CCCCBr)C(=O)OC. The van der Waals surface area contributed by atoms with Crippen molar-refractivity contribution in [1.82, 2.24) is 5.32 Å². The van der Waals surface area contributed by atoms with E-state index < -0.39 is 6.04 Å². The molecule has 0 saturated carbocycles. The Bertz CT molecular complexity index is 246. The molecule has 2 atom stereocenters. The first-order valence-corrected chi connectivity index (χ1v) is 7.12. The molecule has 5 heteroatoms. The van der Waals surface area contributed by atoms with E-state index >= 15 is 0 Å². The Morgan fingerprint density at radius 2 is 2.00 bits per heavy atom. The molecule has 0 aromatic carbocycles. The second-order valence-corrected chi connectivity index (χ2v) is 4.89. The van der Waals surface area contributed by atoms with Gasteiger partial charge >= 0.3 is 5.97 Å². The zero-order valence-corrected chi connectivity index (χ0v) is 12.4. The summed E-state index contributed by atoms with van der Waals surface area (Å²) in [6.07, 6.45) is 3.06. The van der Waals surface area contributed by atoms with E-state index in [1.807, 2.05) is 13.8 Å². The summed E-state index contributed by atoms with van der Waals surface area (Å²) in [6.45, 7) is 3.91. The number of alkyl halides is 1. The number of carbonyl (C=O) groups is 2. The first kappa shape index (κ1) is 16.4. The number of esters is 1. The summed E-state index contributed by atoms with van der Waals surface area (Å²) in [5.74, 6) is -0.364. The predicted molar refractivity (Wildman–Crippen MR) is 71.0 cm³/mol. The second kappa shape index (κ2) is 9.45. The van der Waals surface area contributed by atoms with Crippen LogP contribution in [0.4, 0.5) is 0 Å². The molecule has 0 rings (SSSR count). The third kappa shape index (κ3) is 6.66. The van der Waals surface area contributed by atoms with Gasteiger partial charge in [-0.3, -0.25) is 4.79 Å². The van der Waals surface area contributed by atoms with E-state index in [9.17, 15) is 9.59 Å². The molecule has 0 fully saturated rings. The van der Waals surface area contributed by atoms with Gasteiger partial charge in [0, 0.05) is 11.8 Å². The van der Waals surface area contributed by atoms with Gasteiger partial charge in [0.15, 0.2) is 0 Å². The van der Waals surface area contributed by atoms with Gasteiger partial charge in [-0.15, -0.1) is 0 Å². The van der Waals surface area contributed by atoms with Gasteiger partial charge in [-0.2, -0.15) is 0 Å². The van der Waals surface area contributed by atoms with E-state index in [1.54, 1.807) is 0 Å². The highest BCUT2D eigenvalue weighted by Gasteiger charge is 2.26. The third-order valence-corrected chi connectivity index (χ3v) is 3.33. The smallest absolute Gasteiger partial charge is 0.328 e. The van der Waals surface area contributed by atoms with Gasteiger partial charge in [0.05, 0.1) is 7.11 Å². The maximum absolute atomic E-state index is 11.6. The van der Waals surface area contributed by atoms with E-state index in [0.29, 0.717) is 6.42 Å². The van der Waals surface area contributed by atoms with Crippen LogP contribution in [0.5, 0.6) is 0 Å². The summed E-state index contributed by atoms with van der Waals surface area (Å²) >= 11 is 3.31. The van der Waals surface area contributed by atoms with Crippen LogP contribution in [0.25, 0.3) is 0 Å². The quantitative estimate of drug-likeness (QED) is 0.425. The number of ether oxygens (including phenoxy) is 1. The van der Waals surface area contributed by atoms with Crippen molar-refractivity contribution in [2.24, 2.45) is 5.92 Å².